The summed E-state index contributed by atoms with van der Waals surface area (Å²) < 4.78 is 7.11. The smallest absolute Gasteiger partial charge is 0.338 e. The molecule has 0 spiro atoms. The Morgan fingerprint density at radius 2 is 1.83 bits per heavy atom. The van der Waals surface area contributed by atoms with Gasteiger partial charge in [-0.15, -0.1) is 0 Å². The van der Waals surface area contributed by atoms with Crippen molar-refractivity contribution in [3.8, 4) is 11.8 Å². The number of carbonyl (C=O) groups excluding carboxylic acids is 1. The van der Waals surface area contributed by atoms with Crippen molar-refractivity contribution in [3.05, 3.63) is 86.7 Å². The summed E-state index contributed by atoms with van der Waals surface area (Å²) >= 11 is 12.3. The SMILES string of the molecule is CCOC(=O)c1ccc(-n2c(C)cc(/C=C(/C#N)c3ccc(Cl)cc3Cl)c2C)cc1. The standard InChI is InChI=1S/C24H20Cl2N2O2/c1-4-30-24(29)17-5-8-21(9-6-17)28-15(2)11-18(16(28)3)12-19(14-27)22-10-7-20(25)13-23(22)26/h5-13H,4H2,1-3H3/b19-12-. The largest absolute Gasteiger partial charge is 0.462 e. The fraction of sp³-hybridized carbons (Fsp3) is 0.167. The van der Waals surface area contributed by atoms with Gasteiger partial charge in [-0.25, -0.2) is 4.79 Å². The summed E-state index contributed by atoms with van der Waals surface area (Å²) in [6.07, 6.45) is 1.82. The molecule has 0 saturated carbocycles. The number of hydrogen-bond donors (Lipinski definition) is 0. The van der Waals surface area contributed by atoms with E-state index < -0.39 is 0 Å². The third kappa shape index (κ3) is 4.43. The van der Waals surface area contributed by atoms with Crippen LogP contribution in [0.3, 0.4) is 0 Å². The molecule has 0 atom stereocenters. The van der Waals surface area contributed by atoms with Gasteiger partial charge in [0, 0.05) is 27.7 Å². The average molecular weight is 439 g/mol. The van der Waals surface area contributed by atoms with Crippen LogP contribution in [0.5, 0.6) is 0 Å². The van der Waals surface area contributed by atoms with Crippen LogP contribution in [-0.4, -0.2) is 17.1 Å². The molecule has 0 fully saturated rings. The molecule has 2 aromatic carbocycles. The maximum Gasteiger partial charge on any atom is 0.338 e. The molecule has 0 amide bonds. The number of carbonyl (C=O) groups is 1. The van der Waals surface area contributed by atoms with E-state index in [1.165, 1.54) is 0 Å². The van der Waals surface area contributed by atoms with Crippen LogP contribution in [0.25, 0.3) is 17.3 Å². The summed E-state index contributed by atoms with van der Waals surface area (Å²) in [4.78, 5) is 11.9. The summed E-state index contributed by atoms with van der Waals surface area (Å²) in [6, 6.07) is 16.6. The van der Waals surface area contributed by atoms with Crippen LogP contribution in [0, 0.1) is 25.2 Å². The zero-order valence-electron chi connectivity index (χ0n) is 16.9. The molecule has 0 N–H and O–H groups in total. The van der Waals surface area contributed by atoms with Gasteiger partial charge in [0.2, 0.25) is 0 Å². The van der Waals surface area contributed by atoms with Crippen molar-refractivity contribution < 1.29 is 9.53 Å². The minimum absolute atomic E-state index is 0.338. The Morgan fingerprint density at radius 1 is 1.13 bits per heavy atom. The van der Waals surface area contributed by atoms with Crippen LogP contribution in [0.4, 0.5) is 0 Å². The number of nitrogens with zero attached hydrogens (tertiary/aromatic N) is 2. The molecule has 0 aliphatic carbocycles. The summed E-state index contributed by atoms with van der Waals surface area (Å²) in [5, 5.41) is 10.6. The molecule has 4 nitrogen and oxygen atoms in total. The maximum atomic E-state index is 11.9. The second-order valence-corrected chi connectivity index (χ2v) is 7.57. The van der Waals surface area contributed by atoms with Crippen LogP contribution < -0.4 is 0 Å². The van der Waals surface area contributed by atoms with Gasteiger partial charge in [0.15, 0.2) is 0 Å². The minimum Gasteiger partial charge on any atom is -0.462 e. The van der Waals surface area contributed by atoms with Gasteiger partial charge in [-0.2, -0.15) is 5.26 Å². The first-order valence-corrected chi connectivity index (χ1v) is 10.1. The lowest BCUT2D eigenvalue weighted by Gasteiger charge is -2.11. The third-order valence-corrected chi connectivity index (χ3v) is 5.30. The fourth-order valence-corrected chi connectivity index (χ4v) is 3.84. The molecule has 0 aliphatic rings. The molecule has 1 aromatic heterocycles. The van der Waals surface area contributed by atoms with Crippen LogP contribution >= 0.6 is 23.2 Å². The van der Waals surface area contributed by atoms with E-state index in [9.17, 15) is 10.1 Å². The van der Waals surface area contributed by atoms with E-state index in [0.29, 0.717) is 33.4 Å². The number of esters is 1. The maximum absolute atomic E-state index is 11.9. The molecule has 0 saturated heterocycles. The number of allylic oxidation sites excluding steroid dienone is 1. The van der Waals surface area contributed by atoms with Crippen molar-refractivity contribution in [3.63, 3.8) is 0 Å². The normalized spacial score (nSPS) is 11.3. The first kappa shape index (κ1) is 21.7. The number of hydrogen-bond acceptors (Lipinski definition) is 3. The Labute approximate surface area is 185 Å². The van der Waals surface area contributed by atoms with E-state index in [0.717, 1.165) is 22.6 Å². The molecular formula is C24H20Cl2N2O2. The van der Waals surface area contributed by atoms with Gasteiger partial charge in [-0.1, -0.05) is 29.3 Å². The highest BCUT2D eigenvalue weighted by molar-refractivity contribution is 6.36. The Balaban J connectivity index is 2.00. The molecular weight excluding hydrogens is 419 g/mol. The molecule has 0 unspecified atom stereocenters. The zero-order valence-corrected chi connectivity index (χ0v) is 18.4. The van der Waals surface area contributed by atoms with E-state index >= 15 is 0 Å². The summed E-state index contributed by atoms with van der Waals surface area (Å²) in [5.41, 5.74) is 5.38. The molecule has 152 valence electrons. The molecule has 0 aliphatic heterocycles. The number of ether oxygens (including phenoxy) is 1. The minimum atomic E-state index is -0.341. The molecule has 6 heteroatoms. The first-order valence-electron chi connectivity index (χ1n) is 9.39. The molecule has 0 bridgehead atoms. The molecule has 1 heterocycles. The number of aromatic nitrogens is 1. The number of rotatable bonds is 5. The van der Waals surface area contributed by atoms with Gasteiger partial charge in [0.1, 0.15) is 0 Å². The van der Waals surface area contributed by atoms with E-state index in [1.807, 2.05) is 38.1 Å². The molecule has 3 aromatic rings. The summed E-state index contributed by atoms with van der Waals surface area (Å²) in [5.74, 6) is -0.341. The topological polar surface area (TPSA) is 55.0 Å². The van der Waals surface area contributed by atoms with Gasteiger partial charge in [-0.3, -0.25) is 0 Å². The highest BCUT2D eigenvalue weighted by atomic mass is 35.5. The molecule has 0 radical (unpaired) electrons. The number of benzene rings is 2. The van der Waals surface area contributed by atoms with Gasteiger partial charge < -0.3 is 9.30 Å². The third-order valence-electron chi connectivity index (χ3n) is 4.75. The van der Waals surface area contributed by atoms with E-state index in [4.69, 9.17) is 27.9 Å². The molecule has 30 heavy (non-hydrogen) atoms. The Morgan fingerprint density at radius 3 is 2.43 bits per heavy atom. The Kier molecular flexibility index (Phi) is 6.66. The van der Waals surface area contributed by atoms with E-state index in [-0.39, 0.29) is 5.97 Å². The van der Waals surface area contributed by atoms with Crippen LogP contribution in [0.1, 0.15) is 39.8 Å². The Bertz CT molecular complexity index is 1170. The van der Waals surface area contributed by atoms with Crippen LogP contribution in [-0.2, 0) is 4.74 Å². The monoisotopic (exact) mass is 438 g/mol. The van der Waals surface area contributed by atoms with Gasteiger partial charge >= 0.3 is 5.97 Å². The quantitative estimate of drug-likeness (QED) is 0.331. The van der Waals surface area contributed by atoms with Crippen molar-refractivity contribution in [1.82, 2.24) is 4.57 Å². The van der Waals surface area contributed by atoms with Gasteiger partial charge in [0.05, 0.1) is 28.8 Å². The zero-order chi connectivity index (χ0) is 21.8. The predicted molar refractivity (Wildman–Crippen MR) is 121 cm³/mol. The number of halogens is 2. The van der Waals surface area contributed by atoms with Crippen molar-refractivity contribution in [1.29, 1.82) is 5.26 Å². The molecule has 3 rings (SSSR count). The average Bonchev–Trinajstić information content (AvgIpc) is 3.00. The van der Waals surface area contributed by atoms with Crippen molar-refractivity contribution in [2.45, 2.75) is 20.8 Å². The lowest BCUT2D eigenvalue weighted by molar-refractivity contribution is 0.0526. The van der Waals surface area contributed by atoms with Crippen molar-refractivity contribution in [2.75, 3.05) is 6.61 Å². The van der Waals surface area contributed by atoms with E-state index in [2.05, 4.69) is 10.6 Å². The number of aryl methyl sites for hydroxylation is 1. The van der Waals surface area contributed by atoms with E-state index in [1.54, 1.807) is 37.3 Å². The Hall–Kier alpha value is -3.00. The summed E-state index contributed by atoms with van der Waals surface area (Å²) in [6.45, 7) is 6.09. The highest BCUT2D eigenvalue weighted by Gasteiger charge is 2.13. The van der Waals surface area contributed by atoms with Crippen LogP contribution in [0.2, 0.25) is 10.0 Å². The van der Waals surface area contributed by atoms with Crippen LogP contribution in [0.15, 0.2) is 48.5 Å². The first-order chi connectivity index (χ1) is 14.3. The lowest BCUT2D eigenvalue weighted by Crippen LogP contribution is -2.05. The van der Waals surface area contributed by atoms with Gasteiger partial charge in [-0.05, 0) is 74.9 Å². The lowest BCUT2D eigenvalue weighted by atomic mass is 10.0. The highest BCUT2D eigenvalue weighted by Crippen LogP contribution is 2.30. The van der Waals surface area contributed by atoms with Crippen molar-refractivity contribution >= 4 is 40.8 Å². The predicted octanol–water partition coefficient (Wildman–Crippen LogP) is 6.64. The fourth-order valence-electron chi connectivity index (χ4n) is 3.33. The van der Waals surface area contributed by atoms with Crippen molar-refractivity contribution in [2.24, 2.45) is 0 Å². The van der Waals surface area contributed by atoms with Gasteiger partial charge in [0.25, 0.3) is 0 Å². The summed E-state index contributed by atoms with van der Waals surface area (Å²) in [7, 11) is 0. The second kappa shape index (κ2) is 9.21. The number of nitriles is 1. The second-order valence-electron chi connectivity index (χ2n) is 6.72.